The zero-order chi connectivity index (χ0) is 28.8. The molecular weight excluding hydrogens is 494 g/mol. The first-order valence-corrected chi connectivity index (χ1v) is 13.9. The van der Waals surface area contributed by atoms with E-state index in [1.807, 2.05) is 49.4 Å². The van der Waals surface area contributed by atoms with Gasteiger partial charge < -0.3 is 25.4 Å². The van der Waals surface area contributed by atoms with E-state index < -0.39 is 36.3 Å². The van der Waals surface area contributed by atoms with Crippen molar-refractivity contribution in [3.05, 3.63) is 65.7 Å². The number of nitrogens with one attached hydrogen (secondary N) is 2. The number of anilines is 1. The molecule has 0 aliphatic rings. The molecule has 2 aromatic carbocycles. The third-order valence-corrected chi connectivity index (χ3v) is 6.29. The van der Waals surface area contributed by atoms with E-state index >= 15 is 0 Å². The number of aliphatic hydroxyl groups excluding tert-OH is 1. The monoisotopic (exact) mass is 539 g/mol. The molecule has 0 heterocycles. The van der Waals surface area contributed by atoms with Crippen molar-refractivity contribution in [3.63, 3.8) is 0 Å². The van der Waals surface area contributed by atoms with Crippen LogP contribution < -0.4 is 10.6 Å². The van der Waals surface area contributed by atoms with E-state index in [0.717, 1.165) is 37.7 Å². The Morgan fingerprint density at radius 3 is 2.15 bits per heavy atom. The lowest BCUT2D eigenvalue weighted by atomic mass is 10.0. The highest BCUT2D eigenvalue weighted by Crippen LogP contribution is 2.26. The van der Waals surface area contributed by atoms with E-state index in [1.54, 1.807) is 32.9 Å². The maximum atomic E-state index is 13.9. The molecule has 0 saturated carbocycles. The van der Waals surface area contributed by atoms with Crippen LogP contribution in [0.25, 0.3) is 0 Å². The van der Waals surface area contributed by atoms with Gasteiger partial charge in [-0.15, -0.1) is 0 Å². The van der Waals surface area contributed by atoms with Crippen LogP contribution in [-0.4, -0.2) is 52.7 Å². The number of para-hydroxylation sites is 1. The molecule has 2 rings (SSSR count). The van der Waals surface area contributed by atoms with Gasteiger partial charge in [0.1, 0.15) is 17.7 Å². The van der Waals surface area contributed by atoms with E-state index in [9.17, 15) is 19.5 Å². The summed E-state index contributed by atoms with van der Waals surface area (Å²) in [6.45, 7) is 8.87. The summed E-state index contributed by atoms with van der Waals surface area (Å²) in [6, 6.07) is 14.3. The number of carbonyl (C=O) groups is 3. The Hall–Kier alpha value is -3.39. The normalized spacial score (nSPS) is 12.8. The lowest BCUT2D eigenvalue weighted by Gasteiger charge is -2.34. The molecule has 2 atom stereocenters. The number of amides is 3. The van der Waals surface area contributed by atoms with Crippen LogP contribution in [0, 0.1) is 6.92 Å². The van der Waals surface area contributed by atoms with E-state index in [0.29, 0.717) is 17.7 Å². The Kier molecular flexibility index (Phi) is 13.0. The summed E-state index contributed by atoms with van der Waals surface area (Å²) < 4.78 is 5.31. The Labute approximate surface area is 233 Å². The first-order valence-electron chi connectivity index (χ1n) is 13.9. The van der Waals surface area contributed by atoms with Crippen molar-refractivity contribution >= 4 is 23.6 Å². The average molecular weight is 540 g/mol. The number of benzene rings is 2. The molecule has 0 aliphatic carbocycles. The summed E-state index contributed by atoms with van der Waals surface area (Å²) in [5, 5.41) is 15.6. The van der Waals surface area contributed by atoms with Crippen molar-refractivity contribution in [2.75, 3.05) is 18.5 Å². The maximum absolute atomic E-state index is 13.9. The van der Waals surface area contributed by atoms with E-state index in [4.69, 9.17) is 4.74 Å². The third kappa shape index (κ3) is 10.7. The number of nitrogens with zero attached hydrogens (tertiary/aromatic N) is 1. The van der Waals surface area contributed by atoms with Crippen molar-refractivity contribution < 1.29 is 24.2 Å². The second kappa shape index (κ2) is 15.9. The summed E-state index contributed by atoms with van der Waals surface area (Å²) in [5.41, 5.74) is 1.41. The summed E-state index contributed by atoms with van der Waals surface area (Å²) in [5.74, 6) is -0.922. The predicted molar refractivity (Wildman–Crippen MR) is 154 cm³/mol. The number of aryl methyl sites for hydroxylation is 1. The largest absolute Gasteiger partial charge is 0.444 e. The van der Waals surface area contributed by atoms with Crippen LogP contribution in [0.5, 0.6) is 0 Å². The van der Waals surface area contributed by atoms with Gasteiger partial charge in [0, 0.05) is 12.2 Å². The second-order valence-electron chi connectivity index (χ2n) is 10.8. The van der Waals surface area contributed by atoms with Crippen LogP contribution in [0.2, 0.25) is 0 Å². The summed E-state index contributed by atoms with van der Waals surface area (Å²) in [4.78, 5) is 41.7. The van der Waals surface area contributed by atoms with Gasteiger partial charge in [-0.1, -0.05) is 87.6 Å². The number of unbranched alkanes of at least 4 members (excludes halogenated alkanes) is 5. The zero-order valence-electron chi connectivity index (χ0n) is 24.0. The Balaban J connectivity index is 2.40. The van der Waals surface area contributed by atoms with Gasteiger partial charge in [0.05, 0.1) is 6.61 Å². The zero-order valence-corrected chi connectivity index (χ0v) is 24.0. The SMILES string of the molecule is CCCCCCCCN(C(=O)C(CO)NC(=O)OC(C)(C)C)C(C(=O)Nc1ccccc1C)c1ccccc1. The summed E-state index contributed by atoms with van der Waals surface area (Å²) in [6.07, 6.45) is 5.19. The Morgan fingerprint density at radius 2 is 1.54 bits per heavy atom. The number of alkyl carbamates (subject to hydrolysis) is 1. The van der Waals surface area contributed by atoms with Gasteiger partial charge in [0.2, 0.25) is 5.91 Å². The fourth-order valence-corrected chi connectivity index (χ4v) is 4.29. The van der Waals surface area contributed by atoms with Crippen LogP contribution in [-0.2, 0) is 14.3 Å². The first-order chi connectivity index (χ1) is 18.6. The lowest BCUT2D eigenvalue weighted by molar-refractivity contribution is -0.141. The molecule has 8 nitrogen and oxygen atoms in total. The molecule has 0 aliphatic heterocycles. The number of hydrogen-bond acceptors (Lipinski definition) is 5. The molecule has 8 heteroatoms. The van der Waals surface area contributed by atoms with Crippen LogP contribution in [0.4, 0.5) is 10.5 Å². The Morgan fingerprint density at radius 1 is 0.923 bits per heavy atom. The average Bonchev–Trinajstić information content (AvgIpc) is 2.89. The standard InChI is InChI=1S/C31H45N3O5/c1-6-7-8-9-10-16-21-34(29(37)26(22-35)33-30(38)39-31(3,4)5)27(24-18-12-11-13-19-24)28(36)32-25-20-15-14-17-23(25)2/h11-15,17-20,26-27,35H,6-10,16,21-22H2,1-5H3,(H,32,36)(H,33,38). The van der Waals surface area contributed by atoms with Crippen molar-refractivity contribution in [2.45, 2.75) is 90.8 Å². The number of rotatable bonds is 14. The van der Waals surface area contributed by atoms with Gasteiger partial charge in [-0.3, -0.25) is 9.59 Å². The smallest absolute Gasteiger partial charge is 0.408 e. The van der Waals surface area contributed by atoms with Gasteiger partial charge in [-0.25, -0.2) is 4.79 Å². The molecule has 0 fully saturated rings. The highest BCUT2D eigenvalue weighted by molar-refractivity contribution is 5.99. The molecule has 0 bridgehead atoms. The Bertz CT molecular complexity index is 1050. The number of carbonyl (C=O) groups excluding carboxylic acids is 3. The number of hydrogen-bond donors (Lipinski definition) is 3. The minimum Gasteiger partial charge on any atom is -0.444 e. The number of ether oxygens (including phenoxy) is 1. The molecule has 39 heavy (non-hydrogen) atoms. The van der Waals surface area contributed by atoms with Crippen LogP contribution in [0.3, 0.4) is 0 Å². The van der Waals surface area contributed by atoms with E-state index in [-0.39, 0.29) is 12.5 Å². The molecule has 214 valence electrons. The third-order valence-electron chi connectivity index (χ3n) is 6.29. The highest BCUT2D eigenvalue weighted by Gasteiger charge is 2.36. The van der Waals surface area contributed by atoms with Gasteiger partial charge in [-0.2, -0.15) is 0 Å². The topological polar surface area (TPSA) is 108 Å². The van der Waals surface area contributed by atoms with Crippen LogP contribution in [0.15, 0.2) is 54.6 Å². The van der Waals surface area contributed by atoms with Gasteiger partial charge in [0.25, 0.3) is 5.91 Å². The second-order valence-corrected chi connectivity index (χ2v) is 10.8. The molecule has 0 aromatic heterocycles. The van der Waals surface area contributed by atoms with Crippen LogP contribution in [0.1, 0.15) is 83.4 Å². The molecule has 2 aromatic rings. The van der Waals surface area contributed by atoms with E-state index in [1.165, 1.54) is 4.90 Å². The minimum absolute atomic E-state index is 0.290. The van der Waals surface area contributed by atoms with Gasteiger partial charge in [-0.05, 0) is 51.3 Å². The number of aliphatic hydroxyl groups is 1. The van der Waals surface area contributed by atoms with Gasteiger partial charge in [0.15, 0.2) is 0 Å². The molecule has 3 N–H and O–H groups in total. The summed E-state index contributed by atoms with van der Waals surface area (Å²) in [7, 11) is 0. The summed E-state index contributed by atoms with van der Waals surface area (Å²) >= 11 is 0. The first kappa shape index (κ1) is 31.8. The minimum atomic E-state index is -1.27. The van der Waals surface area contributed by atoms with Crippen LogP contribution >= 0.6 is 0 Å². The molecule has 0 saturated heterocycles. The van der Waals surface area contributed by atoms with Crippen molar-refractivity contribution in [1.82, 2.24) is 10.2 Å². The highest BCUT2D eigenvalue weighted by atomic mass is 16.6. The van der Waals surface area contributed by atoms with Crippen molar-refractivity contribution in [2.24, 2.45) is 0 Å². The van der Waals surface area contributed by atoms with Crippen molar-refractivity contribution in [1.29, 1.82) is 0 Å². The molecule has 3 amide bonds. The fourth-order valence-electron chi connectivity index (χ4n) is 4.29. The molecular formula is C31H45N3O5. The van der Waals surface area contributed by atoms with Crippen molar-refractivity contribution in [3.8, 4) is 0 Å². The van der Waals surface area contributed by atoms with E-state index in [2.05, 4.69) is 17.6 Å². The lowest BCUT2D eigenvalue weighted by Crippen LogP contribution is -2.54. The van der Waals surface area contributed by atoms with Gasteiger partial charge >= 0.3 is 6.09 Å². The molecule has 2 unspecified atom stereocenters. The maximum Gasteiger partial charge on any atom is 0.408 e. The fraction of sp³-hybridized carbons (Fsp3) is 0.516. The molecule has 0 radical (unpaired) electrons. The molecule has 0 spiro atoms. The quantitative estimate of drug-likeness (QED) is 0.265. The predicted octanol–water partition coefficient (Wildman–Crippen LogP) is 5.75.